The molecular formula is C18H20N2O5S. The molecule has 0 heterocycles. The lowest BCUT2D eigenvalue weighted by Gasteiger charge is -2.15. The fourth-order valence-electron chi connectivity index (χ4n) is 2.14. The van der Waals surface area contributed by atoms with Gasteiger partial charge in [0.05, 0.1) is 10.5 Å². The predicted molar refractivity (Wildman–Crippen MR) is 97.4 cm³/mol. The molecule has 0 spiro atoms. The Morgan fingerprint density at radius 3 is 2.42 bits per heavy atom. The van der Waals surface area contributed by atoms with Gasteiger partial charge in [0.2, 0.25) is 10.0 Å². The molecule has 2 N–H and O–H groups in total. The number of hydrogen-bond acceptors (Lipinski definition) is 5. The summed E-state index contributed by atoms with van der Waals surface area (Å²) in [6, 6.07) is 12.6. The second kappa shape index (κ2) is 8.11. The first-order chi connectivity index (χ1) is 12.2. The van der Waals surface area contributed by atoms with Crippen LogP contribution in [-0.2, 0) is 19.6 Å². The van der Waals surface area contributed by atoms with E-state index in [0.29, 0.717) is 5.69 Å². The SMILES string of the molecule is CNS(=O)(=O)c1cccc(C(=O)O[C@H](C)C(=O)Nc2ccccc2C)c1. The van der Waals surface area contributed by atoms with Crippen LogP contribution in [0, 0.1) is 6.92 Å². The Morgan fingerprint density at radius 1 is 1.08 bits per heavy atom. The van der Waals surface area contributed by atoms with Crippen molar-refractivity contribution >= 4 is 27.6 Å². The molecule has 1 amide bonds. The molecule has 2 aromatic rings. The molecule has 0 saturated heterocycles. The van der Waals surface area contributed by atoms with Crippen LogP contribution in [0.25, 0.3) is 0 Å². The maximum atomic E-state index is 12.2. The number of sulfonamides is 1. The van der Waals surface area contributed by atoms with Crippen molar-refractivity contribution in [3.05, 3.63) is 59.7 Å². The van der Waals surface area contributed by atoms with Gasteiger partial charge in [-0.2, -0.15) is 0 Å². The van der Waals surface area contributed by atoms with E-state index in [9.17, 15) is 18.0 Å². The normalized spacial score (nSPS) is 12.3. The Hall–Kier alpha value is -2.71. The summed E-state index contributed by atoms with van der Waals surface area (Å²) >= 11 is 0. The van der Waals surface area contributed by atoms with Crippen LogP contribution in [0.2, 0.25) is 0 Å². The van der Waals surface area contributed by atoms with Crippen molar-refractivity contribution in [2.75, 3.05) is 12.4 Å². The van der Waals surface area contributed by atoms with Crippen molar-refractivity contribution in [2.24, 2.45) is 0 Å². The second-order valence-corrected chi connectivity index (χ2v) is 7.47. The van der Waals surface area contributed by atoms with Gasteiger partial charge >= 0.3 is 5.97 Å². The van der Waals surface area contributed by atoms with Crippen LogP contribution in [0.5, 0.6) is 0 Å². The maximum Gasteiger partial charge on any atom is 0.338 e. The van der Waals surface area contributed by atoms with Gasteiger partial charge < -0.3 is 10.1 Å². The average molecular weight is 376 g/mol. The molecule has 0 bridgehead atoms. The zero-order chi connectivity index (χ0) is 19.3. The van der Waals surface area contributed by atoms with Gasteiger partial charge in [-0.1, -0.05) is 24.3 Å². The number of aryl methyl sites for hydroxylation is 1. The summed E-state index contributed by atoms with van der Waals surface area (Å²) in [4.78, 5) is 24.4. The number of esters is 1. The largest absolute Gasteiger partial charge is 0.449 e. The van der Waals surface area contributed by atoms with Crippen LogP contribution in [-0.4, -0.2) is 33.4 Å². The van der Waals surface area contributed by atoms with Crippen LogP contribution in [0.4, 0.5) is 5.69 Å². The molecule has 0 aliphatic heterocycles. The first-order valence-corrected chi connectivity index (χ1v) is 9.34. The van der Waals surface area contributed by atoms with Gasteiger partial charge in [0.1, 0.15) is 0 Å². The van der Waals surface area contributed by atoms with E-state index in [0.717, 1.165) is 5.56 Å². The van der Waals surface area contributed by atoms with Crippen molar-refractivity contribution in [2.45, 2.75) is 24.8 Å². The van der Waals surface area contributed by atoms with E-state index in [-0.39, 0.29) is 10.5 Å². The van der Waals surface area contributed by atoms with Crippen LogP contribution in [0.15, 0.2) is 53.4 Å². The fraction of sp³-hybridized carbons (Fsp3) is 0.222. The van der Waals surface area contributed by atoms with Crippen molar-refractivity contribution in [3.8, 4) is 0 Å². The molecule has 0 saturated carbocycles. The van der Waals surface area contributed by atoms with E-state index >= 15 is 0 Å². The van der Waals surface area contributed by atoms with Gasteiger partial charge in [0, 0.05) is 5.69 Å². The molecule has 8 heteroatoms. The van der Waals surface area contributed by atoms with E-state index in [1.807, 2.05) is 19.1 Å². The Balaban J connectivity index is 2.08. The molecule has 0 aromatic heterocycles. The molecule has 0 aliphatic rings. The van der Waals surface area contributed by atoms with Crippen LogP contribution >= 0.6 is 0 Å². The van der Waals surface area contributed by atoms with Gasteiger partial charge in [-0.25, -0.2) is 17.9 Å². The number of amides is 1. The minimum atomic E-state index is -3.68. The predicted octanol–water partition coefficient (Wildman–Crippen LogP) is 2.09. The number of ether oxygens (including phenoxy) is 1. The topological polar surface area (TPSA) is 102 Å². The Morgan fingerprint density at radius 2 is 1.77 bits per heavy atom. The van der Waals surface area contributed by atoms with Gasteiger partial charge in [-0.15, -0.1) is 0 Å². The van der Waals surface area contributed by atoms with E-state index in [1.165, 1.54) is 38.2 Å². The first-order valence-electron chi connectivity index (χ1n) is 7.85. The molecule has 0 fully saturated rings. The van der Waals surface area contributed by atoms with E-state index in [4.69, 9.17) is 4.74 Å². The minimum absolute atomic E-state index is 0.0388. The van der Waals surface area contributed by atoms with E-state index in [2.05, 4.69) is 10.0 Å². The van der Waals surface area contributed by atoms with Crippen molar-refractivity contribution < 1.29 is 22.7 Å². The molecule has 2 rings (SSSR count). The quantitative estimate of drug-likeness (QED) is 0.752. The molecule has 0 unspecified atom stereocenters. The monoisotopic (exact) mass is 376 g/mol. The zero-order valence-electron chi connectivity index (χ0n) is 14.6. The standard InChI is InChI=1S/C18H20N2O5S/c1-12-7-4-5-10-16(12)20-17(21)13(2)25-18(22)14-8-6-9-15(11-14)26(23,24)19-3/h4-11,13,19H,1-3H3,(H,20,21)/t13-/m1/s1. The minimum Gasteiger partial charge on any atom is -0.449 e. The number of rotatable bonds is 6. The van der Waals surface area contributed by atoms with Gasteiger partial charge in [-0.3, -0.25) is 4.79 Å². The summed E-state index contributed by atoms with van der Waals surface area (Å²) in [6.45, 7) is 3.29. The highest BCUT2D eigenvalue weighted by molar-refractivity contribution is 7.89. The Bertz CT molecular complexity index is 925. The lowest BCUT2D eigenvalue weighted by Crippen LogP contribution is -2.30. The summed E-state index contributed by atoms with van der Waals surface area (Å²) in [5.41, 5.74) is 1.55. The number of para-hydroxylation sites is 1. The van der Waals surface area contributed by atoms with Gasteiger partial charge in [0.25, 0.3) is 5.91 Å². The highest BCUT2D eigenvalue weighted by atomic mass is 32.2. The molecule has 0 radical (unpaired) electrons. The molecular weight excluding hydrogens is 356 g/mol. The summed E-state index contributed by atoms with van der Waals surface area (Å²) in [5, 5.41) is 2.69. The van der Waals surface area contributed by atoms with Gasteiger partial charge in [0.15, 0.2) is 6.10 Å². The average Bonchev–Trinajstić information content (AvgIpc) is 2.63. The number of hydrogen-bond donors (Lipinski definition) is 2. The highest BCUT2D eigenvalue weighted by Crippen LogP contribution is 2.15. The van der Waals surface area contributed by atoms with Gasteiger partial charge in [-0.05, 0) is 50.7 Å². The molecule has 138 valence electrons. The van der Waals surface area contributed by atoms with Crippen molar-refractivity contribution in [1.82, 2.24) is 4.72 Å². The molecule has 1 atom stereocenters. The second-order valence-electron chi connectivity index (χ2n) is 5.59. The van der Waals surface area contributed by atoms with Crippen LogP contribution in [0.3, 0.4) is 0 Å². The van der Waals surface area contributed by atoms with Crippen molar-refractivity contribution in [3.63, 3.8) is 0 Å². The van der Waals surface area contributed by atoms with Crippen LogP contribution < -0.4 is 10.0 Å². The Kier molecular flexibility index (Phi) is 6.12. The summed E-state index contributed by atoms with van der Waals surface area (Å²) in [6.07, 6.45) is -1.05. The lowest BCUT2D eigenvalue weighted by atomic mass is 10.2. The van der Waals surface area contributed by atoms with Crippen molar-refractivity contribution in [1.29, 1.82) is 0 Å². The number of carbonyl (C=O) groups is 2. The molecule has 2 aromatic carbocycles. The zero-order valence-corrected chi connectivity index (χ0v) is 15.5. The fourth-order valence-corrected chi connectivity index (χ4v) is 2.91. The smallest absolute Gasteiger partial charge is 0.338 e. The number of nitrogens with one attached hydrogen (secondary N) is 2. The molecule has 26 heavy (non-hydrogen) atoms. The summed E-state index contributed by atoms with van der Waals surface area (Å²) in [5.74, 6) is -1.27. The van der Waals surface area contributed by atoms with E-state index < -0.39 is 28.0 Å². The Labute approximate surface area is 152 Å². The summed E-state index contributed by atoms with van der Waals surface area (Å²) < 4.78 is 30.9. The summed E-state index contributed by atoms with van der Waals surface area (Å²) in [7, 11) is -2.41. The lowest BCUT2D eigenvalue weighted by molar-refractivity contribution is -0.123. The number of benzene rings is 2. The third-order valence-electron chi connectivity index (χ3n) is 3.70. The third-order valence-corrected chi connectivity index (χ3v) is 5.12. The number of carbonyl (C=O) groups excluding carboxylic acids is 2. The highest BCUT2D eigenvalue weighted by Gasteiger charge is 2.21. The van der Waals surface area contributed by atoms with Crippen LogP contribution in [0.1, 0.15) is 22.8 Å². The van der Waals surface area contributed by atoms with E-state index in [1.54, 1.807) is 12.1 Å². The maximum absolute atomic E-state index is 12.2. The third kappa shape index (κ3) is 4.68. The molecule has 0 aliphatic carbocycles. The molecule has 7 nitrogen and oxygen atoms in total. The first kappa shape index (κ1) is 19.6. The number of anilines is 1.